The normalized spacial score (nSPS) is 18.9. The zero-order chi connectivity index (χ0) is 14.5. The molecule has 5 nitrogen and oxygen atoms in total. The highest BCUT2D eigenvalue weighted by atomic mass is 16.5. The molecular weight excluding hydrogens is 254 g/mol. The second-order valence-electron chi connectivity index (χ2n) is 5.08. The minimum Gasteiger partial charge on any atom is -0.397 e. The fourth-order valence-corrected chi connectivity index (χ4v) is 2.39. The van der Waals surface area contributed by atoms with Crippen LogP contribution >= 0.6 is 0 Å². The van der Waals surface area contributed by atoms with E-state index in [4.69, 9.17) is 10.5 Å². The summed E-state index contributed by atoms with van der Waals surface area (Å²) in [6.07, 6.45) is 0.923. The summed E-state index contributed by atoms with van der Waals surface area (Å²) in [7, 11) is 0. The smallest absolute Gasteiger partial charge is 0.245 e. The van der Waals surface area contributed by atoms with Crippen LogP contribution in [0.25, 0.3) is 0 Å². The average Bonchev–Trinajstić information content (AvgIpc) is 2.47. The number of para-hydroxylation sites is 1. The van der Waals surface area contributed by atoms with Crippen molar-refractivity contribution in [3.05, 3.63) is 23.8 Å². The maximum Gasteiger partial charge on any atom is 0.245 e. The lowest BCUT2D eigenvalue weighted by molar-refractivity contribution is -0.124. The van der Waals surface area contributed by atoms with Crippen molar-refractivity contribution in [2.75, 3.05) is 36.9 Å². The number of rotatable bonds is 4. The number of nitrogens with zero attached hydrogens (tertiary/aromatic N) is 1. The van der Waals surface area contributed by atoms with Crippen molar-refractivity contribution in [1.29, 1.82) is 0 Å². The predicted octanol–water partition coefficient (Wildman–Crippen LogP) is 1.31. The fraction of sp³-hybridized carbons (Fsp3) is 0.533. The molecule has 1 unspecified atom stereocenters. The van der Waals surface area contributed by atoms with Crippen molar-refractivity contribution in [1.82, 2.24) is 5.32 Å². The Morgan fingerprint density at radius 1 is 1.55 bits per heavy atom. The van der Waals surface area contributed by atoms with E-state index in [2.05, 4.69) is 10.2 Å². The van der Waals surface area contributed by atoms with Gasteiger partial charge in [0.2, 0.25) is 5.91 Å². The molecule has 0 aromatic heterocycles. The second kappa shape index (κ2) is 6.61. The molecule has 2 rings (SSSR count). The Labute approximate surface area is 120 Å². The molecule has 1 atom stereocenters. The lowest BCUT2D eigenvalue weighted by Crippen LogP contribution is -2.54. The number of nitrogen functional groups attached to an aromatic ring is 1. The summed E-state index contributed by atoms with van der Waals surface area (Å²) in [4.78, 5) is 14.3. The van der Waals surface area contributed by atoms with Gasteiger partial charge < -0.3 is 20.7 Å². The van der Waals surface area contributed by atoms with E-state index in [1.54, 1.807) is 0 Å². The van der Waals surface area contributed by atoms with Crippen molar-refractivity contribution in [2.45, 2.75) is 26.3 Å². The van der Waals surface area contributed by atoms with Crippen LogP contribution in [0.4, 0.5) is 11.4 Å². The van der Waals surface area contributed by atoms with Gasteiger partial charge in [0.05, 0.1) is 24.6 Å². The van der Waals surface area contributed by atoms with Gasteiger partial charge >= 0.3 is 0 Å². The molecular formula is C15H23N3O2. The number of carbonyl (C=O) groups is 1. The quantitative estimate of drug-likeness (QED) is 0.814. The molecule has 0 radical (unpaired) electrons. The molecule has 110 valence electrons. The van der Waals surface area contributed by atoms with Gasteiger partial charge in [0, 0.05) is 13.1 Å². The third-order valence-electron chi connectivity index (χ3n) is 3.59. The number of hydrogen-bond acceptors (Lipinski definition) is 4. The number of nitrogens with two attached hydrogens (primary N) is 1. The molecule has 1 heterocycles. The standard InChI is InChI=1S/C15H23N3O2/c1-3-7-17-15(19)13-10-20-9-8-18(13)12-6-4-5-11(2)14(12)16/h4-6,13H,3,7-10,16H2,1-2H3,(H,17,19). The van der Waals surface area contributed by atoms with Crippen LogP contribution in [-0.2, 0) is 9.53 Å². The Hall–Kier alpha value is -1.75. The lowest BCUT2D eigenvalue weighted by atomic mass is 10.1. The van der Waals surface area contributed by atoms with Crippen molar-refractivity contribution in [3.8, 4) is 0 Å². The largest absolute Gasteiger partial charge is 0.397 e. The van der Waals surface area contributed by atoms with Gasteiger partial charge in [-0.1, -0.05) is 19.1 Å². The number of morpholine rings is 1. The Morgan fingerprint density at radius 2 is 2.35 bits per heavy atom. The van der Waals surface area contributed by atoms with Crippen LogP contribution in [0.1, 0.15) is 18.9 Å². The number of benzene rings is 1. The number of nitrogens with one attached hydrogen (secondary N) is 1. The second-order valence-corrected chi connectivity index (χ2v) is 5.08. The number of carbonyl (C=O) groups excluding carboxylic acids is 1. The number of aryl methyl sites for hydroxylation is 1. The molecule has 0 saturated carbocycles. The number of amides is 1. The van der Waals surface area contributed by atoms with E-state index in [1.807, 2.05) is 32.0 Å². The number of ether oxygens (including phenoxy) is 1. The van der Waals surface area contributed by atoms with Crippen LogP contribution in [0.3, 0.4) is 0 Å². The molecule has 20 heavy (non-hydrogen) atoms. The minimum atomic E-state index is -0.306. The van der Waals surface area contributed by atoms with Gasteiger partial charge in [-0.2, -0.15) is 0 Å². The van der Waals surface area contributed by atoms with Crippen LogP contribution in [0.5, 0.6) is 0 Å². The van der Waals surface area contributed by atoms with Crippen molar-refractivity contribution in [3.63, 3.8) is 0 Å². The first-order valence-corrected chi connectivity index (χ1v) is 7.12. The molecule has 1 fully saturated rings. The molecule has 5 heteroatoms. The van der Waals surface area contributed by atoms with Crippen molar-refractivity contribution < 1.29 is 9.53 Å². The lowest BCUT2D eigenvalue weighted by Gasteiger charge is -2.37. The topological polar surface area (TPSA) is 67.6 Å². The summed E-state index contributed by atoms with van der Waals surface area (Å²) in [6.45, 7) is 6.40. The van der Waals surface area contributed by atoms with Crippen LogP contribution in [0.15, 0.2) is 18.2 Å². The van der Waals surface area contributed by atoms with E-state index in [9.17, 15) is 4.79 Å². The maximum atomic E-state index is 12.3. The Morgan fingerprint density at radius 3 is 3.10 bits per heavy atom. The molecule has 0 spiro atoms. The van der Waals surface area contributed by atoms with Crippen LogP contribution < -0.4 is 16.0 Å². The Balaban J connectivity index is 2.22. The van der Waals surface area contributed by atoms with Gasteiger partial charge in [-0.05, 0) is 25.0 Å². The number of anilines is 2. The predicted molar refractivity (Wildman–Crippen MR) is 80.8 cm³/mol. The van der Waals surface area contributed by atoms with E-state index in [0.717, 1.165) is 23.4 Å². The van der Waals surface area contributed by atoms with E-state index in [0.29, 0.717) is 26.3 Å². The molecule has 0 bridgehead atoms. The van der Waals surface area contributed by atoms with Crippen LogP contribution in [-0.4, -0.2) is 38.3 Å². The molecule has 1 aromatic rings. The maximum absolute atomic E-state index is 12.3. The average molecular weight is 277 g/mol. The highest BCUT2D eigenvalue weighted by molar-refractivity contribution is 5.87. The molecule has 3 N–H and O–H groups in total. The third-order valence-corrected chi connectivity index (χ3v) is 3.59. The first-order chi connectivity index (χ1) is 9.65. The fourth-order valence-electron chi connectivity index (χ4n) is 2.39. The van der Waals surface area contributed by atoms with Gasteiger partial charge in [0.25, 0.3) is 0 Å². The van der Waals surface area contributed by atoms with Crippen molar-refractivity contribution >= 4 is 17.3 Å². The summed E-state index contributed by atoms with van der Waals surface area (Å²) in [6, 6.07) is 5.61. The molecule has 1 aliphatic heterocycles. The van der Waals surface area contributed by atoms with Crippen LogP contribution in [0.2, 0.25) is 0 Å². The zero-order valence-corrected chi connectivity index (χ0v) is 12.2. The van der Waals surface area contributed by atoms with Gasteiger partial charge in [-0.25, -0.2) is 0 Å². The monoisotopic (exact) mass is 277 g/mol. The van der Waals surface area contributed by atoms with Gasteiger partial charge in [0.15, 0.2) is 0 Å². The molecule has 1 saturated heterocycles. The first-order valence-electron chi connectivity index (χ1n) is 7.12. The zero-order valence-electron chi connectivity index (χ0n) is 12.2. The highest BCUT2D eigenvalue weighted by Gasteiger charge is 2.30. The molecule has 0 aliphatic carbocycles. The van der Waals surface area contributed by atoms with Gasteiger partial charge in [0.1, 0.15) is 6.04 Å². The summed E-state index contributed by atoms with van der Waals surface area (Å²) in [5.41, 5.74) is 8.85. The highest BCUT2D eigenvalue weighted by Crippen LogP contribution is 2.29. The molecule has 1 aromatic carbocycles. The Bertz CT molecular complexity index is 476. The minimum absolute atomic E-state index is 0.00690. The first kappa shape index (κ1) is 14.7. The van der Waals surface area contributed by atoms with Crippen molar-refractivity contribution in [2.24, 2.45) is 0 Å². The summed E-state index contributed by atoms with van der Waals surface area (Å²) in [5.74, 6) is 0.00690. The summed E-state index contributed by atoms with van der Waals surface area (Å²) >= 11 is 0. The Kier molecular flexibility index (Phi) is 4.84. The van der Waals surface area contributed by atoms with E-state index >= 15 is 0 Å². The summed E-state index contributed by atoms with van der Waals surface area (Å²) < 4.78 is 5.46. The molecule has 1 aliphatic rings. The molecule has 1 amide bonds. The van der Waals surface area contributed by atoms with E-state index < -0.39 is 0 Å². The SMILES string of the molecule is CCCNC(=O)C1COCCN1c1cccc(C)c1N. The van der Waals surface area contributed by atoms with E-state index in [-0.39, 0.29) is 11.9 Å². The van der Waals surface area contributed by atoms with Gasteiger partial charge in [-0.15, -0.1) is 0 Å². The van der Waals surface area contributed by atoms with E-state index in [1.165, 1.54) is 0 Å². The summed E-state index contributed by atoms with van der Waals surface area (Å²) in [5, 5.41) is 2.93. The van der Waals surface area contributed by atoms with Gasteiger partial charge in [-0.3, -0.25) is 4.79 Å². The van der Waals surface area contributed by atoms with Crippen LogP contribution in [0, 0.1) is 6.92 Å². The third kappa shape index (κ3) is 3.04. The number of hydrogen-bond donors (Lipinski definition) is 2.